The molecule has 0 saturated carbocycles. The van der Waals surface area contributed by atoms with Crippen molar-refractivity contribution in [3.05, 3.63) is 24.5 Å². The van der Waals surface area contributed by atoms with Gasteiger partial charge in [-0.1, -0.05) is 12.7 Å². The molecule has 0 rings (SSSR count). The quantitative estimate of drug-likeness (QED) is 0.360. The second kappa shape index (κ2) is 6.38. The van der Waals surface area contributed by atoms with Crippen molar-refractivity contribution >= 4 is 0 Å². The summed E-state index contributed by atoms with van der Waals surface area (Å²) in [6, 6.07) is 0. The summed E-state index contributed by atoms with van der Waals surface area (Å²) in [5.74, 6) is 0.241. The van der Waals surface area contributed by atoms with Gasteiger partial charge in [0.15, 0.2) is 0 Å². The van der Waals surface area contributed by atoms with Gasteiger partial charge in [0.1, 0.15) is 0 Å². The number of rotatable bonds is 1. The third kappa shape index (κ3) is 10.7. The van der Waals surface area contributed by atoms with Gasteiger partial charge in [-0.25, -0.2) is 0 Å². The van der Waals surface area contributed by atoms with Gasteiger partial charge in [-0.3, -0.25) is 6.08 Å². The third-order valence-electron chi connectivity index (χ3n) is 0.311. The monoisotopic (exact) mass is 172 g/mol. The first-order valence-corrected chi connectivity index (χ1v) is 1.65. The smallest absolute Gasteiger partial charge is 0 e. The molecule has 0 fully saturated rings. The molecule has 1 radical (unpaired) electrons. The van der Waals surface area contributed by atoms with Crippen molar-refractivity contribution in [3.8, 4) is 0 Å². The summed E-state index contributed by atoms with van der Waals surface area (Å²) in [6.07, 6.45) is 3.81. The van der Waals surface area contributed by atoms with Gasteiger partial charge in [-0.2, -0.15) is 12.7 Å². The maximum Gasteiger partial charge on any atom is 0 e. The van der Waals surface area contributed by atoms with Crippen LogP contribution in [0, 0.1) is 6.08 Å². The van der Waals surface area contributed by atoms with Crippen molar-refractivity contribution in [2.24, 2.45) is 0 Å². The summed E-state index contributed by atoms with van der Waals surface area (Å²) in [7, 11) is 0. The molecule has 7 heavy (non-hydrogen) atoms. The van der Waals surface area contributed by atoms with Crippen LogP contribution in [0.3, 0.4) is 0 Å². The zero-order valence-electron chi connectivity index (χ0n) is 4.31. The first kappa shape index (κ1) is 10.4. The number of hydrogen-bond donors (Lipinski definition) is 1. The first-order valence-electron chi connectivity index (χ1n) is 1.65. The molecule has 0 aromatic rings. The van der Waals surface area contributed by atoms with Crippen molar-refractivity contribution in [2.75, 3.05) is 0 Å². The zero-order valence-corrected chi connectivity index (χ0v) is 7.15. The van der Waals surface area contributed by atoms with Crippen molar-refractivity contribution < 1.29 is 37.8 Å². The summed E-state index contributed by atoms with van der Waals surface area (Å²) in [4.78, 5) is 0. The van der Waals surface area contributed by atoms with E-state index < -0.39 is 0 Å². The van der Waals surface area contributed by atoms with E-state index in [1.54, 1.807) is 6.92 Å². The minimum atomic E-state index is 0. The fourth-order valence-corrected chi connectivity index (χ4v) is 0.148. The maximum atomic E-state index is 8.31. The summed E-state index contributed by atoms with van der Waals surface area (Å²) >= 11 is 0. The standard InChI is InChI=1S/C5H7O.Y/c1-3-4-5(2)6;/h4,6H,1H2,2H3;/q-1;/b5-4-;. The molecule has 0 aliphatic heterocycles. The molecule has 1 nitrogen and oxygen atoms in total. The second-order valence-corrected chi connectivity index (χ2v) is 0.990. The molecule has 0 amide bonds. The largest absolute Gasteiger partial charge is 0.597 e. The molecule has 0 atom stereocenters. The van der Waals surface area contributed by atoms with E-state index in [0.717, 1.165) is 0 Å². The summed E-state index contributed by atoms with van der Waals surface area (Å²) in [6.45, 7) is 4.81. The van der Waals surface area contributed by atoms with Gasteiger partial charge in [-0.05, 0) is 0 Å². The predicted molar refractivity (Wildman–Crippen MR) is 25.3 cm³/mol. The van der Waals surface area contributed by atoms with E-state index in [0.29, 0.717) is 0 Å². The molecule has 0 aliphatic carbocycles. The molecule has 0 aliphatic rings. The third-order valence-corrected chi connectivity index (χ3v) is 0.311. The normalized spacial score (nSPS) is 9.57. The van der Waals surface area contributed by atoms with Crippen molar-refractivity contribution in [1.82, 2.24) is 0 Å². The van der Waals surface area contributed by atoms with Crippen molar-refractivity contribution in [3.63, 3.8) is 0 Å². The SMILES string of the molecule is C=[C-]/C=C(/C)O.[Y]. The van der Waals surface area contributed by atoms with Gasteiger partial charge in [-0.15, -0.1) is 0 Å². The molecular weight excluding hydrogens is 165 g/mol. The summed E-state index contributed by atoms with van der Waals surface area (Å²) in [5, 5.41) is 8.31. The van der Waals surface area contributed by atoms with Crippen LogP contribution in [0.2, 0.25) is 0 Å². The Morgan fingerprint density at radius 2 is 2.29 bits per heavy atom. The van der Waals surface area contributed by atoms with Gasteiger partial charge < -0.3 is 5.11 Å². The molecule has 0 aromatic carbocycles. The van der Waals surface area contributed by atoms with Crippen LogP contribution in [0.5, 0.6) is 0 Å². The van der Waals surface area contributed by atoms with Crippen molar-refractivity contribution in [2.45, 2.75) is 6.92 Å². The molecule has 0 spiro atoms. The van der Waals surface area contributed by atoms with Gasteiger partial charge in [0.2, 0.25) is 0 Å². The predicted octanol–water partition coefficient (Wildman–Crippen LogP) is 1.43. The average molecular weight is 172 g/mol. The molecule has 37 valence electrons. The fourth-order valence-electron chi connectivity index (χ4n) is 0.148. The topological polar surface area (TPSA) is 20.2 Å². The van der Waals surface area contributed by atoms with Gasteiger partial charge in [0.05, 0.1) is 0 Å². The van der Waals surface area contributed by atoms with Crippen LogP contribution in [0.1, 0.15) is 6.92 Å². The van der Waals surface area contributed by atoms with Gasteiger partial charge >= 0.3 is 0 Å². The molecule has 0 aromatic heterocycles. The molecule has 0 unspecified atom stereocenters. The Hall–Kier alpha value is 0.384. The van der Waals surface area contributed by atoms with Crippen LogP contribution in [0.15, 0.2) is 18.4 Å². The van der Waals surface area contributed by atoms with Crippen LogP contribution in [0.4, 0.5) is 0 Å². The van der Waals surface area contributed by atoms with Crippen LogP contribution in [-0.2, 0) is 32.7 Å². The molecule has 0 bridgehead atoms. The zero-order chi connectivity index (χ0) is 4.99. The molecule has 0 heterocycles. The Bertz CT molecular complexity index is 72.1. The Morgan fingerprint density at radius 1 is 1.86 bits per heavy atom. The number of aliphatic hydroxyl groups excluding tert-OH is 1. The van der Waals surface area contributed by atoms with E-state index in [1.165, 1.54) is 6.08 Å². The van der Waals surface area contributed by atoms with Crippen LogP contribution >= 0.6 is 0 Å². The maximum absolute atomic E-state index is 8.31. The first-order chi connectivity index (χ1) is 2.77. The number of hydrogen-bond acceptors (Lipinski definition) is 1. The minimum absolute atomic E-state index is 0. The van der Waals surface area contributed by atoms with Crippen molar-refractivity contribution in [1.29, 1.82) is 0 Å². The summed E-state index contributed by atoms with van der Waals surface area (Å²) in [5.41, 5.74) is 0. The van der Waals surface area contributed by atoms with E-state index in [1.807, 2.05) is 0 Å². The molecular formula is C5H7OY-. The summed E-state index contributed by atoms with van der Waals surface area (Å²) < 4.78 is 0. The van der Waals surface area contributed by atoms with Crippen LogP contribution in [-0.4, -0.2) is 5.11 Å². The number of aliphatic hydroxyl groups is 1. The van der Waals surface area contributed by atoms with E-state index in [4.69, 9.17) is 5.11 Å². The molecule has 0 saturated heterocycles. The Labute approximate surface area is 69.0 Å². The average Bonchev–Trinajstić information content (AvgIpc) is 1.35. The van der Waals surface area contributed by atoms with Gasteiger partial charge in [0, 0.05) is 32.7 Å². The fraction of sp³-hybridized carbons (Fsp3) is 0.200. The Balaban J connectivity index is 0. The van der Waals surface area contributed by atoms with E-state index in [9.17, 15) is 0 Å². The Morgan fingerprint density at radius 3 is 2.29 bits per heavy atom. The van der Waals surface area contributed by atoms with Crippen LogP contribution < -0.4 is 0 Å². The number of allylic oxidation sites excluding steroid dienone is 3. The molecule has 2 heteroatoms. The van der Waals surface area contributed by atoms with E-state index in [-0.39, 0.29) is 38.5 Å². The minimum Gasteiger partial charge on any atom is -0.597 e. The van der Waals surface area contributed by atoms with Crippen LogP contribution in [0.25, 0.3) is 0 Å². The van der Waals surface area contributed by atoms with Gasteiger partial charge in [0.25, 0.3) is 0 Å². The van der Waals surface area contributed by atoms with E-state index >= 15 is 0 Å². The molecule has 1 N–H and O–H groups in total. The second-order valence-electron chi connectivity index (χ2n) is 0.990. The Kier molecular flexibility index (Phi) is 9.47. The van der Waals surface area contributed by atoms with E-state index in [2.05, 4.69) is 12.7 Å².